The van der Waals surface area contributed by atoms with Gasteiger partial charge in [-0.2, -0.15) is 0 Å². The molecule has 0 saturated heterocycles. The molecular formula is C20H19F2NO3. The smallest absolute Gasteiger partial charge is 0.220 e. The molecule has 0 saturated carbocycles. The maximum atomic E-state index is 13.6. The van der Waals surface area contributed by atoms with Crippen molar-refractivity contribution < 1.29 is 22.7 Å². The standard InChI is InChI=1S/C20H19F2NO3/c1-12(18-11-14-4-3-5-17(25-2)20(14)26-18)23-19(24)9-6-13-10-15(21)7-8-16(13)22/h3-5,7-8,10-12H,6,9H2,1-2H3,(H,23,24). The third-order valence-electron chi connectivity index (χ3n) is 4.18. The Balaban J connectivity index is 1.65. The van der Waals surface area contributed by atoms with Gasteiger partial charge in [0, 0.05) is 11.8 Å². The van der Waals surface area contributed by atoms with Crippen LogP contribution in [0.5, 0.6) is 5.75 Å². The number of carbonyl (C=O) groups is 1. The summed E-state index contributed by atoms with van der Waals surface area (Å²) >= 11 is 0. The lowest BCUT2D eigenvalue weighted by atomic mass is 10.1. The van der Waals surface area contributed by atoms with Crippen LogP contribution in [-0.4, -0.2) is 13.0 Å². The Kier molecular flexibility index (Phi) is 5.21. The van der Waals surface area contributed by atoms with Gasteiger partial charge in [0.1, 0.15) is 17.4 Å². The molecule has 0 aliphatic carbocycles. The second kappa shape index (κ2) is 7.56. The second-order valence-electron chi connectivity index (χ2n) is 6.05. The number of fused-ring (bicyclic) bond motifs is 1. The molecule has 0 fully saturated rings. The minimum absolute atomic E-state index is 0.0499. The van der Waals surface area contributed by atoms with E-state index in [0.717, 1.165) is 23.6 Å². The molecule has 1 aromatic heterocycles. The number of methoxy groups -OCH3 is 1. The van der Waals surface area contributed by atoms with Gasteiger partial charge >= 0.3 is 0 Å². The fourth-order valence-electron chi connectivity index (χ4n) is 2.80. The van der Waals surface area contributed by atoms with Gasteiger partial charge in [-0.3, -0.25) is 4.79 Å². The number of aryl methyl sites for hydroxylation is 1. The number of rotatable bonds is 6. The molecule has 1 unspecified atom stereocenters. The van der Waals surface area contributed by atoms with E-state index in [1.54, 1.807) is 20.1 Å². The van der Waals surface area contributed by atoms with E-state index in [9.17, 15) is 13.6 Å². The molecule has 1 atom stereocenters. The Morgan fingerprint density at radius 1 is 1.23 bits per heavy atom. The lowest BCUT2D eigenvalue weighted by Gasteiger charge is -2.11. The van der Waals surface area contributed by atoms with Crippen molar-refractivity contribution >= 4 is 16.9 Å². The van der Waals surface area contributed by atoms with Gasteiger partial charge in [0.05, 0.1) is 13.2 Å². The number of halogens is 2. The summed E-state index contributed by atoms with van der Waals surface area (Å²) in [6, 6.07) is 10.3. The van der Waals surface area contributed by atoms with Crippen LogP contribution >= 0.6 is 0 Å². The SMILES string of the molecule is COc1cccc2cc(C(C)NC(=O)CCc3cc(F)ccc3F)oc12. The summed E-state index contributed by atoms with van der Waals surface area (Å²) in [7, 11) is 1.56. The summed E-state index contributed by atoms with van der Waals surface area (Å²) in [5.74, 6) is -0.0970. The fourth-order valence-corrected chi connectivity index (χ4v) is 2.80. The average Bonchev–Trinajstić information content (AvgIpc) is 3.07. The third kappa shape index (κ3) is 3.85. The van der Waals surface area contributed by atoms with E-state index in [1.165, 1.54) is 0 Å². The summed E-state index contributed by atoms with van der Waals surface area (Å²) in [6.07, 6.45) is 0.171. The molecule has 26 heavy (non-hydrogen) atoms. The first-order valence-corrected chi connectivity index (χ1v) is 8.27. The Bertz CT molecular complexity index is 936. The number of hydrogen-bond donors (Lipinski definition) is 1. The van der Waals surface area contributed by atoms with Crippen LogP contribution in [0.2, 0.25) is 0 Å². The van der Waals surface area contributed by atoms with Crippen molar-refractivity contribution in [3.05, 3.63) is 65.4 Å². The maximum Gasteiger partial charge on any atom is 0.220 e. The number of amides is 1. The monoisotopic (exact) mass is 359 g/mol. The molecule has 136 valence electrons. The molecule has 0 spiro atoms. The second-order valence-corrected chi connectivity index (χ2v) is 6.05. The summed E-state index contributed by atoms with van der Waals surface area (Å²) in [5.41, 5.74) is 0.800. The zero-order valence-electron chi connectivity index (χ0n) is 14.5. The first-order chi connectivity index (χ1) is 12.5. The van der Waals surface area contributed by atoms with Crippen LogP contribution in [0, 0.1) is 11.6 Å². The van der Waals surface area contributed by atoms with Gasteiger partial charge in [0.15, 0.2) is 11.3 Å². The van der Waals surface area contributed by atoms with Crippen molar-refractivity contribution in [2.75, 3.05) is 7.11 Å². The predicted octanol–water partition coefficient (Wildman–Crippen LogP) is 4.53. The van der Waals surface area contributed by atoms with Crippen molar-refractivity contribution in [1.82, 2.24) is 5.32 Å². The van der Waals surface area contributed by atoms with E-state index in [2.05, 4.69) is 5.32 Å². The van der Waals surface area contributed by atoms with Crippen LogP contribution in [-0.2, 0) is 11.2 Å². The van der Waals surface area contributed by atoms with Gasteiger partial charge in [-0.05, 0) is 49.2 Å². The first-order valence-electron chi connectivity index (χ1n) is 8.27. The van der Waals surface area contributed by atoms with Crippen molar-refractivity contribution in [3.8, 4) is 5.75 Å². The Labute approximate surface area is 149 Å². The summed E-state index contributed by atoms with van der Waals surface area (Å²) in [6.45, 7) is 1.80. The molecule has 4 nitrogen and oxygen atoms in total. The molecule has 1 heterocycles. The highest BCUT2D eigenvalue weighted by Gasteiger charge is 2.16. The van der Waals surface area contributed by atoms with Crippen LogP contribution in [0.15, 0.2) is 46.9 Å². The topological polar surface area (TPSA) is 51.5 Å². The fraction of sp³-hybridized carbons (Fsp3) is 0.250. The highest BCUT2D eigenvalue weighted by Crippen LogP contribution is 2.30. The van der Waals surface area contributed by atoms with Crippen molar-refractivity contribution in [1.29, 1.82) is 0 Å². The van der Waals surface area contributed by atoms with Crippen LogP contribution in [0.4, 0.5) is 8.78 Å². The van der Waals surface area contributed by atoms with Gasteiger partial charge in [-0.25, -0.2) is 8.78 Å². The van der Waals surface area contributed by atoms with E-state index in [0.29, 0.717) is 17.1 Å². The molecule has 0 aliphatic heterocycles. The van der Waals surface area contributed by atoms with Crippen molar-refractivity contribution in [2.45, 2.75) is 25.8 Å². The molecule has 6 heteroatoms. The van der Waals surface area contributed by atoms with Gasteiger partial charge in [-0.1, -0.05) is 12.1 Å². The zero-order chi connectivity index (χ0) is 18.7. The van der Waals surface area contributed by atoms with E-state index in [1.807, 2.05) is 18.2 Å². The first kappa shape index (κ1) is 17.9. The summed E-state index contributed by atoms with van der Waals surface area (Å²) in [4.78, 5) is 12.1. The quantitative estimate of drug-likeness (QED) is 0.703. The summed E-state index contributed by atoms with van der Waals surface area (Å²) < 4.78 is 37.9. The molecule has 0 bridgehead atoms. The molecule has 3 rings (SSSR count). The van der Waals surface area contributed by atoms with Crippen LogP contribution in [0.3, 0.4) is 0 Å². The zero-order valence-corrected chi connectivity index (χ0v) is 14.5. The van der Waals surface area contributed by atoms with Gasteiger partial charge in [-0.15, -0.1) is 0 Å². The number of para-hydroxylation sites is 1. The van der Waals surface area contributed by atoms with Gasteiger partial charge < -0.3 is 14.5 Å². The van der Waals surface area contributed by atoms with E-state index in [-0.39, 0.29) is 30.4 Å². The normalized spacial score (nSPS) is 12.2. The lowest BCUT2D eigenvalue weighted by molar-refractivity contribution is -0.121. The van der Waals surface area contributed by atoms with Crippen LogP contribution in [0.25, 0.3) is 11.0 Å². The lowest BCUT2D eigenvalue weighted by Crippen LogP contribution is -2.26. The molecule has 0 aliphatic rings. The van der Waals surface area contributed by atoms with Gasteiger partial charge in [0.25, 0.3) is 0 Å². The number of benzene rings is 2. The molecule has 1 N–H and O–H groups in total. The van der Waals surface area contributed by atoms with E-state index in [4.69, 9.17) is 9.15 Å². The van der Waals surface area contributed by atoms with Gasteiger partial charge in [0.2, 0.25) is 5.91 Å². The third-order valence-corrected chi connectivity index (χ3v) is 4.18. The number of nitrogens with one attached hydrogen (secondary N) is 1. The highest BCUT2D eigenvalue weighted by molar-refractivity contribution is 5.84. The molecule has 1 amide bonds. The van der Waals surface area contributed by atoms with E-state index < -0.39 is 11.6 Å². The molecule has 2 aromatic carbocycles. The minimum atomic E-state index is -0.522. The number of furan rings is 1. The molecule has 0 radical (unpaired) electrons. The average molecular weight is 359 g/mol. The number of carbonyl (C=O) groups excluding carboxylic acids is 1. The number of ether oxygens (including phenoxy) is 1. The Morgan fingerprint density at radius 2 is 2.04 bits per heavy atom. The minimum Gasteiger partial charge on any atom is -0.493 e. The van der Waals surface area contributed by atoms with Crippen LogP contribution < -0.4 is 10.1 Å². The number of hydrogen-bond acceptors (Lipinski definition) is 3. The molecular weight excluding hydrogens is 340 g/mol. The Morgan fingerprint density at radius 3 is 2.81 bits per heavy atom. The largest absolute Gasteiger partial charge is 0.493 e. The Hall–Kier alpha value is -2.89. The van der Waals surface area contributed by atoms with E-state index >= 15 is 0 Å². The van der Waals surface area contributed by atoms with Crippen LogP contribution in [0.1, 0.15) is 30.7 Å². The summed E-state index contributed by atoms with van der Waals surface area (Å²) in [5, 5.41) is 3.69. The van der Waals surface area contributed by atoms with Crippen molar-refractivity contribution in [3.63, 3.8) is 0 Å². The maximum absolute atomic E-state index is 13.6. The van der Waals surface area contributed by atoms with Crippen molar-refractivity contribution in [2.24, 2.45) is 0 Å². The molecule has 3 aromatic rings. The predicted molar refractivity (Wildman–Crippen MR) is 94.0 cm³/mol. The highest BCUT2D eigenvalue weighted by atomic mass is 19.1.